The van der Waals surface area contributed by atoms with Gasteiger partial charge in [0.25, 0.3) is 11.5 Å². The molecule has 0 atom stereocenters. The minimum Gasteiger partial charge on any atom is -0.282 e. The lowest BCUT2D eigenvalue weighted by molar-refractivity contribution is -0.690. The fourth-order valence-electron chi connectivity index (χ4n) is 10.1. The number of aromatic nitrogens is 1. The molecule has 27 heteroatoms. The van der Waals surface area contributed by atoms with Crippen LogP contribution in [0.4, 0.5) is 105 Å². The molecule has 0 aliphatic rings. The van der Waals surface area contributed by atoms with E-state index in [2.05, 4.69) is 30.3 Å². The lowest BCUT2D eigenvalue weighted by Gasteiger charge is -2.46. The van der Waals surface area contributed by atoms with E-state index in [-0.39, 0.29) is 5.78 Å². The van der Waals surface area contributed by atoms with E-state index in [9.17, 15) is 110 Å². The molecular formula is C59H32BF24NO. The summed E-state index contributed by atoms with van der Waals surface area (Å²) < 4.78 is 343. The maximum absolute atomic E-state index is 14.2. The van der Waals surface area contributed by atoms with Crippen LogP contribution in [0.1, 0.15) is 66.1 Å². The van der Waals surface area contributed by atoms with E-state index in [1.54, 1.807) is 0 Å². The van der Waals surface area contributed by atoms with Gasteiger partial charge in [0.15, 0.2) is 12.7 Å². The predicted molar refractivity (Wildman–Crippen MR) is 267 cm³/mol. The molecule has 1 aromatic heterocycles. The highest BCUT2D eigenvalue weighted by molar-refractivity contribution is 7.20. The van der Waals surface area contributed by atoms with Gasteiger partial charge in [0.2, 0.25) is 0 Å². The number of ketones is 1. The first kappa shape index (κ1) is 63.5. The molecule has 0 unspecified atom stereocenters. The van der Waals surface area contributed by atoms with Gasteiger partial charge in [-0.15, -0.1) is 0 Å². The van der Waals surface area contributed by atoms with Crippen LogP contribution in [0.5, 0.6) is 0 Å². The van der Waals surface area contributed by atoms with Crippen LogP contribution in [0, 0.1) is 0 Å². The molecule has 2 nitrogen and oxygen atoms in total. The van der Waals surface area contributed by atoms with Crippen molar-refractivity contribution < 1.29 is 115 Å². The summed E-state index contributed by atoms with van der Waals surface area (Å²) in [6, 6.07) is 25.7. The number of carbonyl (C=O) groups excluding carboxylic acids is 1. The molecule has 9 aromatic rings. The molecule has 86 heavy (non-hydrogen) atoms. The van der Waals surface area contributed by atoms with Crippen LogP contribution in [0.15, 0.2) is 182 Å². The number of alkyl halides is 24. The summed E-state index contributed by atoms with van der Waals surface area (Å²) in [6.07, 6.45) is -52.8. The number of pyridine rings is 1. The summed E-state index contributed by atoms with van der Waals surface area (Å²) in [6.45, 7) is 0.658. The van der Waals surface area contributed by atoms with Gasteiger partial charge >= 0.3 is 49.4 Å². The van der Waals surface area contributed by atoms with Gasteiger partial charge in [0.1, 0.15) is 6.15 Å². The summed E-state index contributed by atoms with van der Waals surface area (Å²) in [4.78, 5) is 13.9. The number of benzene rings is 8. The van der Waals surface area contributed by atoms with Crippen LogP contribution in [0.25, 0.3) is 21.5 Å². The van der Waals surface area contributed by atoms with Crippen molar-refractivity contribution in [2.24, 2.45) is 0 Å². The number of fused-ring (bicyclic) bond motifs is 2. The summed E-state index contributed by atoms with van der Waals surface area (Å²) >= 11 is 0. The zero-order valence-corrected chi connectivity index (χ0v) is 42.5. The molecular weight excluding hydrogens is 1210 g/mol. The summed E-state index contributed by atoms with van der Waals surface area (Å²) in [5.74, 6) is 0.0505. The molecule has 0 bridgehead atoms. The number of nitrogens with zero attached hydrogens (tertiary/aromatic N) is 1. The summed E-state index contributed by atoms with van der Waals surface area (Å²) in [7, 11) is 0. The smallest absolute Gasteiger partial charge is 0.282 e. The van der Waals surface area contributed by atoms with E-state index in [0.717, 1.165) is 27.1 Å². The molecule has 0 aliphatic carbocycles. The third kappa shape index (κ3) is 13.4. The Kier molecular flexibility index (Phi) is 16.5. The van der Waals surface area contributed by atoms with Crippen molar-refractivity contribution >= 4 is 55.3 Å². The molecule has 0 N–H and O–H groups in total. The second-order valence-corrected chi connectivity index (χ2v) is 19.4. The van der Waals surface area contributed by atoms with Gasteiger partial charge in [-0.25, -0.2) is 0 Å². The van der Waals surface area contributed by atoms with Crippen LogP contribution >= 0.6 is 0 Å². The fourth-order valence-corrected chi connectivity index (χ4v) is 10.1. The van der Waals surface area contributed by atoms with E-state index in [4.69, 9.17) is 0 Å². The topological polar surface area (TPSA) is 20.9 Å². The second-order valence-electron chi connectivity index (χ2n) is 19.4. The van der Waals surface area contributed by atoms with E-state index >= 15 is 0 Å². The van der Waals surface area contributed by atoms with Crippen LogP contribution < -0.4 is 26.4 Å². The molecule has 450 valence electrons. The maximum Gasteiger partial charge on any atom is 0.416 e. The molecule has 0 spiro atoms. The van der Waals surface area contributed by atoms with Crippen molar-refractivity contribution in [1.82, 2.24) is 0 Å². The minimum atomic E-state index is -6.13. The number of rotatable bonds is 8. The van der Waals surface area contributed by atoms with E-state index < -0.39 is 195 Å². The number of carbonyl (C=O) groups is 1. The first-order valence-corrected chi connectivity index (χ1v) is 24.4. The number of halogens is 24. The van der Waals surface area contributed by atoms with Crippen molar-refractivity contribution in [2.75, 3.05) is 0 Å². The normalized spacial score (nSPS) is 13.2. The monoisotopic (exact) mass is 1240 g/mol. The average molecular weight is 1240 g/mol. The molecule has 0 aliphatic heterocycles. The van der Waals surface area contributed by atoms with Crippen molar-refractivity contribution in [3.63, 3.8) is 0 Å². The van der Waals surface area contributed by atoms with Crippen molar-refractivity contribution in [3.05, 3.63) is 243 Å². The molecule has 1 heterocycles. The lowest BCUT2D eigenvalue weighted by Crippen LogP contribution is -2.75. The quantitative estimate of drug-likeness (QED) is 0.0488. The second kappa shape index (κ2) is 22.4. The molecule has 0 radical (unpaired) electrons. The third-order valence-electron chi connectivity index (χ3n) is 13.8. The molecule has 9 rings (SSSR count). The highest BCUT2D eigenvalue weighted by atomic mass is 19.4. The molecule has 0 fully saturated rings. The van der Waals surface area contributed by atoms with Gasteiger partial charge in [-0.05, 0) is 57.9 Å². The number of hydrogen-bond acceptors (Lipinski definition) is 1. The van der Waals surface area contributed by atoms with Gasteiger partial charge in [-0.1, -0.05) is 127 Å². The van der Waals surface area contributed by atoms with Gasteiger partial charge in [0.05, 0.1) is 44.5 Å². The first-order chi connectivity index (χ1) is 39.6. The molecule has 8 aromatic carbocycles. The molecule has 0 saturated carbocycles. The standard InChI is InChI=1S/C32H12BF24.C27H20NO/c34-25(35,36)13-1-14(26(37,38)39)6-21(5-13)33(22-7-15(27(40,41)42)2-16(8-22)28(43,44)45,23-9-17(29(46,47)48)3-18(10-23)30(49,50)51)24-11-19(31(52,53)54)4-20(12-24)32(55,56)57;29-27(25-16-8-9-17-28(25)19-20-10-2-1-3-11-20)26-23-14-6-4-12-21(23)18-22-13-5-7-15-24(22)26/h1-12H;1-18H,19H2/q-1;+1. The fraction of sp³-hybridized carbons (Fsp3) is 0.153. The summed E-state index contributed by atoms with van der Waals surface area (Å²) in [5.41, 5.74) is -27.6. The van der Waals surface area contributed by atoms with Crippen LogP contribution in [0.3, 0.4) is 0 Å². The Morgan fingerprint density at radius 2 is 0.581 bits per heavy atom. The van der Waals surface area contributed by atoms with E-state index in [1.165, 1.54) is 5.56 Å². The number of hydrogen-bond donors (Lipinski definition) is 0. The lowest BCUT2D eigenvalue weighted by atomic mass is 9.12. The zero-order valence-electron chi connectivity index (χ0n) is 42.5. The highest BCUT2D eigenvalue weighted by Gasteiger charge is 2.47. The van der Waals surface area contributed by atoms with Crippen molar-refractivity contribution in [2.45, 2.75) is 56.0 Å². The predicted octanol–water partition coefficient (Wildman–Crippen LogP) is 16.8. The molecule has 0 saturated heterocycles. The Labute approximate surface area is 468 Å². The van der Waals surface area contributed by atoms with Gasteiger partial charge in [0, 0.05) is 23.3 Å². The SMILES string of the molecule is FC(F)(F)c1cc([B-](c2cc(C(F)(F)F)cc(C(F)(F)F)c2)(c2cc(C(F)(F)F)cc(C(F)(F)F)c2)c2cc(C(F)(F)F)cc(C(F)(F)F)c2)cc(C(F)(F)F)c1.O=C(c1c2ccccc2cc2ccccc12)c1cccc[n+]1Cc1ccccc1. The highest BCUT2D eigenvalue weighted by Crippen LogP contribution is 2.42. The first-order valence-electron chi connectivity index (χ1n) is 24.4. The van der Waals surface area contributed by atoms with Crippen LogP contribution in [0.2, 0.25) is 0 Å². The Bertz CT molecular complexity index is 3510. The van der Waals surface area contributed by atoms with Crippen molar-refractivity contribution in [3.8, 4) is 0 Å². The van der Waals surface area contributed by atoms with Gasteiger partial charge in [-0.2, -0.15) is 132 Å². The Balaban J connectivity index is 0.000000274. The van der Waals surface area contributed by atoms with Crippen molar-refractivity contribution in [1.29, 1.82) is 0 Å². The summed E-state index contributed by atoms with van der Waals surface area (Å²) in [5, 5.41) is 4.15. The Morgan fingerprint density at radius 3 is 0.872 bits per heavy atom. The van der Waals surface area contributed by atoms with Gasteiger partial charge < -0.3 is 0 Å². The largest absolute Gasteiger partial charge is 0.416 e. The Hall–Kier alpha value is -8.52. The average Bonchev–Trinajstić information content (AvgIpc) is 0.716. The van der Waals surface area contributed by atoms with E-state index in [0.29, 0.717) is 12.2 Å². The maximum atomic E-state index is 14.2. The van der Waals surface area contributed by atoms with Crippen LogP contribution in [-0.2, 0) is 56.0 Å². The van der Waals surface area contributed by atoms with E-state index in [1.807, 2.05) is 83.6 Å². The minimum absolute atomic E-state index is 0.0505. The van der Waals surface area contributed by atoms with Crippen LogP contribution in [-0.4, -0.2) is 11.9 Å². The third-order valence-corrected chi connectivity index (χ3v) is 13.8. The zero-order chi connectivity index (χ0) is 63.5. The Morgan fingerprint density at radius 1 is 0.314 bits per heavy atom. The van der Waals surface area contributed by atoms with Gasteiger partial charge in [-0.3, -0.25) is 4.79 Å². The molecule has 0 amide bonds.